The molecule has 1 fully saturated rings. The fourth-order valence-corrected chi connectivity index (χ4v) is 6.19. The van der Waals surface area contributed by atoms with Crippen LogP contribution in [0.3, 0.4) is 0 Å². The molecule has 1 aromatic heterocycles. The number of hydrogen-bond acceptors (Lipinski definition) is 6. The predicted octanol–water partition coefficient (Wildman–Crippen LogP) is 4.04. The average Bonchev–Trinajstić information content (AvgIpc) is 3.48. The van der Waals surface area contributed by atoms with E-state index >= 15 is 0 Å². The number of nitrogens with one attached hydrogen (secondary N) is 1. The Hall–Kier alpha value is -2.75. The Kier molecular flexibility index (Phi) is 6.59. The Morgan fingerprint density at radius 1 is 1.06 bits per heavy atom. The molecule has 1 aliphatic rings. The van der Waals surface area contributed by atoms with Gasteiger partial charge in [-0.3, -0.25) is 4.79 Å². The van der Waals surface area contributed by atoms with Gasteiger partial charge >= 0.3 is 5.97 Å². The number of nitrogens with zero attached hydrogens (tertiary/aromatic N) is 1. The highest BCUT2D eigenvalue weighted by atomic mass is 32.2. The average molecular weight is 473 g/mol. The second-order valence-electron chi connectivity index (χ2n) is 7.66. The Bertz CT molecular complexity index is 1240. The van der Waals surface area contributed by atoms with Gasteiger partial charge in [0.2, 0.25) is 15.9 Å². The fraction of sp³-hybridized carbons (Fsp3) is 0.304. The molecule has 3 aromatic rings. The quantitative estimate of drug-likeness (QED) is 0.524. The Morgan fingerprint density at radius 2 is 1.78 bits per heavy atom. The van der Waals surface area contributed by atoms with E-state index in [0.29, 0.717) is 35.0 Å². The van der Waals surface area contributed by atoms with E-state index in [1.165, 1.54) is 22.8 Å². The van der Waals surface area contributed by atoms with E-state index in [1.807, 2.05) is 12.1 Å². The minimum Gasteiger partial charge on any atom is -0.465 e. The predicted molar refractivity (Wildman–Crippen MR) is 125 cm³/mol. The minimum atomic E-state index is -3.42. The van der Waals surface area contributed by atoms with Crippen LogP contribution in [0.1, 0.15) is 34.5 Å². The highest BCUT2D eigenvalue weighted by Gasteiger charge is 2.26. The molecule has 0 atom stereocenters. The lowest BCUT2D eigenvalue weighted by Crippen LogP contribution is -2.27. The minimum absolute atomic E-state index is 0.137. The van der Waals surface area contributed by atoms with E-state index in [-0.39, 0.29) is 18.3 Å². The highest BCUT2D eigenvalue weighted by molar-refractivity contribution is 7.89. The van der Waals surface area contributed by atoms with Crippen molar-refractivity contribution in [2.24, 2.45) is 0 Å². The van der Waals surface area contributed by atoms with Crippen LogP contribution in [0, 0.1) is 0 Å². The summed E-state index contributed by atoms with van der Waals surface area (Å²) in [7, 11) is -2.08. The number of carbonyl (C=O) groups is 2. The van der Waals surface area contributed by atoms with E-state index in [2.05, 4.69) is 5.32 Å². The van der Waals surface area contributed by atoms with E-state index in [0.717, 1.165) is 28.5 Å². The molecule has 1 N–H and O–H groups in total. The van der Waals surface area contributed by atoms with Crippen molar-refractivity contribution in [3.63, 3.8) is 0 Å². The second kappa shape index (κ2) is 9.40. The molecule has 2 aromatic carbocycles. The Balaban J connectivity index is 1.35. The molecule has 0 unspecified atom stereocenters. The van der Waals surface area contributed by atoms with E-state index in [4.69, 9.17) is 4.74 Å². The topological polar surface area (TPSA) is 92.8 Å². The number of thiophene rings is 1. The molecule has 1 aliphatic heterocycles. The molecule has 0 radical (unpaired) electrons. The van der Waals surface area contributed by atoms with E-state index in [9.17, 15) is 18.0 Å². The normalized spacial score (nSPS) is 14.5. The summed E-state index contributed by atoms with van der Waals surface area (Å²) >= 11 is 1.34. The number of anilines is 1. The number of carbonyl (C=O) groups excluding carboxylic acids is 2. The summed E-state index contributed by atoms with van der Waals surface area (Å²) in [5.41, 5.74) is 1.56. The van der Waals surface area contributed by atoms with Crippen LogP contribution >= 0.6 is 11.3 Å². The zero-order valence-electron chi connectivity index (χ0n) is 17.7. The number of rotatable bonds is 7. The smallest absolute Gasteiger partial charge is 0.348 e. The molecular weight excluding hydrogens is 448 g/mol. The first kappa shape index (κ1) is 22.4. The molecule has 9 heteroatoms. The molecule has 168 valence electrons. The largest absolute Gasteiger partial charge is 0.465 e. The summed E-state index contributed by atoms with van der Waals surface area (Å²) in [6.07, 6.45) is 2.58. The maximum atomic E-state index is 12.6. The van der Waals surface area contributed by atoms with Gasteiger partial charge in [-0.05, 0) is 66.6 Å². The molecule has 2 heterocycles. The molecule has 0 spiro atoms. The van der Waals surface area contributed by atoms with E-state index < -0.39 is 10.0 Å². The molecule has 0 bridgehead atoms. The molecular formula is C23H24N2O5S2. The van der Waals surface area contributed by atoms with Crippen LogP contribution in [-0.2, 0) is 26.0 Å². The van der Waals surface area contributed by atoms with Crippen molar-refractivity contribution in [2.45, 2.75) is 30.6 Å². The molecule has 32 heavy (non-hydrogen) atoms. The lowest BCUT2D eigenvalue weighted by Gasteiger charge is -2.15. The summed E-state index contributed by atoms with van der Waals surface area (Å²) in [5.74, 6) is -0.516. The Morgan fingerprint density at radius 3 is 2.47 bits per heavy atom. The third kappa shape index (κ3) is 4.85. The number of sulfonamides is 1. The van der Waals surface area contributed by atoms with Crippen molar-refractivity contribution in [2.75, 3.05) is 25.5 Å². The van der Waals surface area contributed by atoms with Crippen molar-refractivity contribution in [1.82, 2.24) is 4.31 Å². The molecule has 0 saturated carbocycles. The van der Waals surface area contributed by atoms with Crippen LogP contribution in [0.5, 0.6) is 0 Å². The third-order valence-electron chi connectivity index (χ3n) is 5.45. The van der Waals surface area contributed by atoms with Gasteiger partial charge < -0.3 is 10.1 Å². The maximum Gasteiger partial charge on any atom is 0.348 e. The third-order valence-corrected chi connectivity index (χ3v) is 8.46. The lowest BCUT2D eigenvalue weighted by atomic mass is 10.1. The zero-order valence-corrected chi connectivity index (χ0v) is 19.3. The number of hydrogen-bond donors (Lipinski definition) is 1. The zero-order chi connectivity index (χ0) is 22.7. The van der Waals surface area contributed by atoms with Gasteiger partial charge in [-0.25, -0.2) is 13.2 Å². The summed E-state index contributed by atoms with van der Waals surface area (Å²) in [5, 5.41) is 3.74. The fourth-order valence-electron chi connectivity index (χ4n) is 3.71. The van der Waals surface area contributed by atoms with Crippen molar-refractivity contribution in [3.05, 3.63) is 59.0 Å². The maximum absolute atomic E-state index is 12.6. The van der Waals surface area contributed by atoms with Crippen molar-refractivity contribution in [1.29, 1.82) is 0 Å². The first-order valence-corrected chi connectivity index (χ1v) is 12.6. The number of methoxy groups -OCH3 is 1. The van der Waals surface area contributed by atoms with Gasteiger partial charge in [0.05, 0.1) is 12.0 Å². The van der Waals surface area contributed by atoms with Gasteiger partial charge in [0.25, 0.3) is 0 Å². The number of benzene rings is 2. The number of aryl methyl sites for hydroxylation is 1. The number of esters is 1. The lowest BCUT2D eigenvalue weighted by molar-refractivity contribution is -0.116. The molecule has 1 amide bonds. The van der Waals surface area contributed by atoms with Gasteiger partial charge in [0, 0.05) is 29.9 Å². The summed E-state index contributed by atoms with van der Waals surface area (Å²) in [4.78, 5) is 24.9. The first-order chi connectivity index (χ1) is 15.4. The summed E-state index contributed by atoms with van der Waals surface area (Å²) in [6.45, 7) is 1.15. The van der Waals surface area contributed by atoms with Crippen molar-refractivity contribution >= 4 is 49.0 Å². The summed E-state index contributed by atoms with van der Waals surface area (Å²) in [6, 6.07) is 14.0. The molecule has 1 saturated heterocycles. The van der Waals surface area contributed by atoms with Crippen LogP contribution in [-0.4, -0.2) is 44.8 Å². The Labute approximate surface area is 191 Å². The number of ether oxygens (including phenoxy) is 1. The van der Waals surface area contributed by atoms with Crippen molar-refractivity contribution < 1.29 is 22.7 Å². The number of amides is 1. The van der Waals surface area contributed by atoms with Crippen LogP contribution in [0.4, 0.5) is 5.69 Å². The van der Waals surface area contributed by atoms with Crippen LogP contribution in [0.15, 0.2) is 53.4 Å². The van der Waals surface area contributed by atoms with E-state index in [1.54, 1.807) is 36.4 Å². The SMILES string of the molecule is COC(=O)c1cc2cc(NC(=O)CCc3ccc(S(=O)(=O)N4CCCC4)cc3)ccc2s1. The second-order valence-corrected chi connectivity index (χ2v) is 10.7. The van der Waals surface area contributed by atoms with Crippen LogP contribution in [0.2, 0.25) is 0 Å². The first-order valence-electron chi connectivity index (χ1n) is 10.4. The van der Waals surface area contributed by atoms with Crippen molar-refractivity contribution in [3.8, 4) is 0 Å². The molecule has 4 rings (SSSR count). The monoisotopic (exact) mass is 472 g/mol. The molecule has 0 aliphatic carbocycles. The molecule has 7 nitrogen and oxygen atoms in total. The van der Waals surface area contributed by atoms with Crippen LogP contribution in [0.25, 0.3) is 10.1 Å². The van der Waals surface area contributed by atoms with Gasteiger partial charge in [-0.2, -0.15) is 4.31 Å². The summed E-state index contributed by atoms with van der Waals surface area (Å²) < 4.78 is 32.4. The number of fused-ring (bicyclic) bond motifs is 1. The van der Waals surface area contributed by atoms with Gasteiger partial charge in [0.1, 0.15) is 4.88 Å². The van der Waals surface area contributed by atoms with Gasteiger partial charge in [-0.1, -0.05) is 12.1 Å². The van der Waals surface area contributed by atoms with Gasteiger partial charge in [-0.15, -0.1) is 11.3 Å². The van der Waals surface area contributed by atoms with Crippen LogP contribution < -0.4 is 5.32 Å². The highest BCUT2D eigenvalue weighted by Crippen LogP contribution is 2.29. The van der Waals surface area contributed by atoms with Gasteiger partial charge in [0.15, 0.2) is 0 Å². The standard InChI is InChI=1S/C23H24N2O5S2/c1-30-23(27)21-15-17-14-18(7-10-20(17)31-21)24-22(26)11-6-16-4-8-19(9-5-16)32(28,29)25-12-2-3-13-25/h4-5,7-10,14-15H,2-3,6,11-13H2,1H3,(H,24,26).